The minimum atomic E-state index is -0.852. The average molecular weight is 484 g/mol. The van der Waals surface area contributed by atoms with Crippen LogP contribution in [0, 0.1) is 23.2 Å². The number of rotatable bonds is 9. The molecule has 7 nitrogen and oxygen atoms in total. The number of fused-ring (bicyclic) bond motifs is 1. The fourth-order valence-corrected chi connectivity index (χ4v) is 4.79. The number of anilines is 2. The first-order valence-corrected chi connectivity index (χ1v) is 12.1. The fraction of sp³-hybridized carbons (Fsp3) is 0.222. The molecule has 0 amide bonds. The van der Waals surface area contributed by atoms with Gasteiger partial charge in [0.2, 0.25) is 0 Å². The Bertz CT molecular complexity index is 1390. The van der Waals surface area contributed by atoms with E-state index in [1.165, 1.54) is 11.8 Å². The van der Waals surface area contributed by atoms with Crippen molar-refractivity contribution in [3.8, 4) is 6.07 Å². The molecule has 0 aliphatic carbocycles. The third kappa shape index (κ3) is 6.34. The lowest BCUT2D eigenvalue weighted by molar-refractivity contribution is -0.142. The molecular weight excluding hydrogens is 458 g/mol. The number of nitrogens with one attached hydrogen (secondary N) is 1. The largest absolute Gasteiger partial charge is 0.481 e. The first-order valence-electron chi connectivity index (χ1n) is 11.3. The molecule has 35 heavy (non-hydrogen) atoms. The lowest BCUT2D eigenvalue weighted by Crippen LogP contribution is -2.20. The second-order valence-electron chi connectivity index (χ2n) is 8.63. The molecule has 8 heteroatoms. The zero-order chi connectivity index (χ0) is 24.8. The summed E-state index contributed by atoms with van der Waals surface area (Å²) in [5.41, 5.74) is 2.12. The molecule has 2 heterocycles. The van der Waals surface area contributed by atoms with Crippen LogP contribution in [0.2, 0.25) is 0 Å². The van der Waals surface area contributed by atoms with Gasteiger partial charge in [-0.25, -0.2) is 9.97 Å². The first kappa shape index (κ1) is 24.2. The number of nitriles is 1. The highest BCUT2D eigenvalue weighted by Gasteiger charge is 2.22. The number of aromatic nitrogens is 3. The first-order chi connectivity index (χ1) is 16.9. The summed E-state index contributed by atoms with van der Waals surface area (Å²) < 4.78 is 0. The van der Waals surface area contributed by atoms with Crippen LogP contribution >= 0.6 is 11.8 Å². The van der Waals surface area contributed by atoms with Gasteiger partial charge >= 0.3 is 5.97 Å². The number of benzene rings is 2. The van der Waals surface area contributed by atoms with Crippen LogP contribution in [0.1, 0.15) is 31.7 Å². The number of carboxylic acid groups (broad SMARTS) is 1. The van der Waals surface area contributed by atoms with Crippen molar-refractivity contribution in [2.24, 2.45) is 11.8 Å². The predicted octanol–water partition coefficient (Wildman–Crippen LogP) is 6.08. The Labute approximate surface area is 208 Å². The zero-order valence-electron chi connectivity index (χ0n) is 19.5. The maximum atomic E-state index is 11.9. The Morgan fingerprint density at radius 1 is 1.11 bits per heavy atom. The summed E-state index contributed by atoms with van der Waals surface area (Å²) in [6.45, 7) is 4.01. The normalized spacial score (nSPS) is 11.8. The van der Waals surface area contributed by atoms with Gasteiger partial charge in [-0.3, -0.25) is 9.78 Å². The summed E-state index contributed by atoms with van der Waals surface area (Å²) >= 11 is 1.46. The molecule has 0 radical (unpaired) electrons. The maximum absolute atomic E-state index is 11.9. The van der Waals surface area contributed by atoms with Crippen molar-refractivity contribution in [1.29, 1.82) is 5.26 Å². The number of para-hydroxylation sites is 1. The standard InChI is InChI=1S/C27H25N5O2S/c1-17(2)12-20(27(33)34)14-23-31-24(30-21-9-3-6-18(13-21)16-28)15-25(32-23)35-22-10-4-7-19-8-5-11-29-26(19)22/h3-11,13,15,17,20H,12,14H2,1-2H3,(H,33,34)(H,30,31,32)/t20-/m0/s1. The van der Waals surface area contributed by atoms with E-state index in [2.05, 4.69) is 21.4 Å². The molecule has 0 spiro atoms. The maximum Gasteiger partial charge on any atom is 0.306 e. The van der Waals surface area contributed by atoms with E-state index in [4.69, 9.17) is 4.98 Å². The second kappa shape index (κ2) is 11.0. The van der Waals surface area contributed by atoms with E-state index in [0.29, 0.717) is 34.3 Å². The van der Waals surface area contributed by atoms with Gasteiger partial charge in [0.05, 0.1) is 23.1 Å². The van der Waals surface area contributed by atoms with E-state index in [1.54, 1.807) is 24.4 Å². The van der Waals surface area contributed by atoms with Crippen molar-refractivity contribution in [3.63, 3.8) is 0 Å². The Morgan fingerprint density at radius 2 is 1.91 bits per heavy atom. The number of nitrogens with zero attached hydrogens (tertiary/aromatic N) is 4. The minimum Gasteiger partial charge on any atom is -0.481 e. The van der Waals surface area contributed by atoms with Crippen LogP contribution in [0.5, 0.6) is 0 Å². The van der Waals surface area contributed by atoms with Gasteiger partial charge in [0.1, 0.15) is 16.7 Å². The summed E-state index contributed by atoms with van der Waals surface area (Å²) in [6, 6.07) is 21.0. The van der Waals surface area contributed by atoms with Gasteiger partial charge in [-0.05, 0) is 42.7 Å². The van der Waals surface area contributed by atoms with Gasteiger partial charge in [0, 0.05) is 34.7 Å². The lowest BCUT2D eigenvalue weighted by Gasteiger charge is -2.15. The summed E-state index contributed by atoms with van der Waals surface area (Å²) in [4.78, 5) is 26.7. The molecule has 0 fully saturated rings. The molecule has 0 saturated heterocycles. The van der Waals surface area contributed by atoms with E-state index in [9.17, 15) is 15.2 Å². The van der Waals surface area contributed by atoms with Gasteiger partial charge < -0.3 is 10.4 Å². The zero-order valence-corrected chi connectivity index (χ0v) is 20.3. The molecule has 1 atom stereocenters. The topological polar surface area (TPSA) is 112 Å². The summed E-state index contributed by atoms with van der Waals surface area (Å²) in [7, 11) is 0. The molecule has 0 aliphatic rings. The van der Waals surface area contributed by atoms with Crippen LogP contribution < -0.4 is 5.32 Å². The molecule has 2 aromatic carbocycles. The lowest BCUT2D eigenvalue weighted by atomic mass is 9.94. The molecule has 4 rings (SSSR count). The van der Waals surface area contributed by atoms with Crippen LogP contribution in [0.3, 0.4) is 0 Å². The molecule has 2 aromatic heterocycles. The average Bonchev–Trinajstić information content (AvgIpc) is 2.83. The monoisotopic (exact) mass is 483 g/mol. The number of carbonyl (C=O) groups is 1. The third-order valence-electron chi connectivity index (χ3n) is 5.36. The number of pyridine rings is 1. The van der Waals surface area contributed by atoms with Crippen LogP contribution in [-0.4, -0.2) is 26.0 Å². The number of hydrogen-bond donors (Lipinski definition) is 2. The quantitative estimate of drug-likeness (QED) is 0.275. The van der Waals surface area contributed by atoms with Crippen molar-refractivity contribution < 1.29 is 9.90 Å². The van der Waals surface area contributed by atoms with Crippen LogP contribution in [-0.2, 0) is 11.2 Å². The van der Waals surface area contributed by atoms with Crippen molar-refractivity contribution >= 4 is 40.1 Å². The summed E-state index contributed by atoms with van der Waals surface area (Å²) in [6.07, 6.45) is 2.52. The van der Waals surface area contributed by atoms with E-state index in [0.717, 1.165) is 15.8 Å². The molecule has 0 bridgehead atoms. The van der Waals surface area contributed by atoms with Crippen molar-refractivity contribution in [2.45, 2.75) is 36.6 Å². The molecule has 4 aromatic rings. The Kier molecular flexibility index (Phi) is 7.58. The van der Waals surface area contributed by atoms with Crippen LogP contribution in [0.4, 0.5) is 11.5 Å². The van der Waals surface area contributed by atoms with Crippen molar-refractivity contribution in [2.75, 3.05) is 5.32 Å². The number of aliphatic carboxylic acids is 1. The Morgan fingerprint density at radius 3 is 2.69 bits per heavy atom. The van der Waals surface area contributed by atoms with Gasteiger partial charge in [-0.2, -0.15) is 5.26 Å². The Balaban J connectivity index is 1.71. The SMILES string of the molecule is CC(C)C[C@@H](Cc1nc(Nc2cccc(C#N)c2)cc(Sc2cccc3cccnc23)n1)C(=O)O. The molecule has 0 aliphatic heterocycles. The van der Waals surface area contributed by atoms with Crippen LogP contribution in [0.15, 0.2) is 76.8 Å². The fourth-order valence-electron chi connectivity index (χ4n) is 3.83. The highest BCUT2D eigenvalue weighted by atomic mass is 32.2. The molecule has 0 unspecified atom stereocenters. The molecular formula is C27H25N5O2S. The Hall–Kier alpha value is -3.96. The second-order valence-corrected chi connectivity index (χ2v) is 9.69. The van der Waals surface area contributed by atoms with Gasteiger partial charge in [-0.1, -0.05) is 49.9 Å². The van der Waals surface area contributed by atoms with Gasteiger partial charge in [0.15, 0.2) is 0 Å². The molecule has 176 valence electrons. The summed E-state index contributed by atoms with van der Waals surface area (Å²) in [5.74, 6) is -0.203. The smallest absolute Gasteiger partial charge is 0.306 e. The third-order valence-corrected chi connectivity index (χ3v) is 6.33. The van der Waals surface area contributed by atoms with Gasteiger partial charge in [-0.15, -0.1) is 0 Å². The highest BCUT2D eigenvalue weighted by molar-refractivity contribution is 7.99. The molecule has 2 N–H and O–H groups in total. The van der Waals surface area contributed by atoms with E-state index >= 15 is 0 Å². The predicted molar refractivity (Wildman–Crippen MR) is 137 cm³/mol. The van der Waals surface area contributed by atoms with Crippen LogP contribution in [0.25, 0.3) is 10.9 Å². The summed E-state index contributed by atoms with van der Waals surface area (Å²) in [5, 5.41) is 23.9. The van der Waals surface area contributed by atoms with E-state index < -0.39 is 11.9 Å². The van der Waals surface area contributed by atoms with E-state index in [1.807, 2.05) is 56.3 Å². The highest BCUT2D eigenvalue weighted by Crippen LogP contribution is 2.33. The number of carboxylic acids is 1. The minimum absolute atomic E-state index is 0.225. The van der Waals surface area contributed by atoms with Gasteiger partial charge in [0.25, 0.3) is 0 Å². The van der Waals surface area contributed by atoms with Crippen molar-refractivity contribution in [3.05, 3.63) is 78.2 Å². The molecule has 0 saturated carbocycles. The van der Waals surface area contributed by atoms with Crippen molar-refractivity contribution in [1.82, 2.24) is 15.0 Å². The van der Waals surface area contributed by atoms with E-state index in [-0.39, 0.29) is 12.3 Å². The number of hydrogen-bond acceptors (Lipinski definition) is 7.